The van der Waals surface area contributed by atoms with E-state index in [0.29, 0.717) is 0 Å². The number of rotatable bonds is 4. The number of hydrogen-bond donors (Lipinski definition) is 0. The van der Waals surface area contributed by atoms with Crippen LogP contribution in [0, 0.1) is 0 Å². The number of aromatic nitrogens is 1. The zero-order valence-corrected chi connectivity index (χ0v) is 19.3. The molecule has 0 unspecified atom stereocenters. The van der Waals surface area contributed by atoms with E-state index < -0.39 is 0 Å². The summed E-state index contributed by atoms with van der Waals surface area (Å²) in [5.74, 6) is 0. The molecule has 6 rings (SSSR count). The SMILES string of the molecule is CSc1ccc(/C=C/c2ccc3nc4c(oc5ccccc54)c(N4CCOCC4)c3c2)cc1. The van der Waals surface area contributed by atoms with E-state index in [0.717, 1.165) is 70.5 Å². The van der Waals surface area contributed by atoms with Gasteiger partial charge in [0, 0.05) is 28.8 Å². The fourth-order valence-electron chi connectivity index (χ4n) is 4.50. The van der Waals surface area contributed by atoms with Crippen LogP contribution in [0.3, 0.4) is 0 Å². The quantitative estimate of drug-likeness (QED) is 0.220. The van der Waals surface area contributed by atoms with Gasteiger partial charge in [0.2, 0.25) is 0 Å². The second kappa shape index (κ2) is 8.58. The molecule has 3 aromatic carbocycles. The highest BCUT2D eigenvalue weighted by Crippen LogP contribution is 2.39. The molecule has 164 valence electrons. The van der Waals surface area contributed by atoms with Crippen molar-refractivity contribution in [2.24, 2.45) is 0 Å². The Bertz CT molecular complexity index is 1480. The van der Waals surface area contributed by atoms with Gasteiger partial charge in [0.1, 0.15) is 11.1 Å². The Morgan fingerprint density at radius 3 is 2.45 bits per heavy atom. The number of benzene rings is 3. The third-order valence-corrected chi connectivity index (χ3v) is 6.95. The van der Waals surface area contributed by atoms with E-state index in [1.165, 1.54) is 10.5 Å². The van der Waals surface area contributed by atoms with Crippen LogP contribution in [0.4, 0.5) is 5.69 Å². The van der Waals surface area contributed by atoms with Crippen LogP contribution >= 0.6 is 11.8 Å². The molecule has 0 saturated carbocycles. The number of para-hydroxylation sites is 1. The van der Waals surface area contributed by atoms with Gasteiger partial charge in [-0.2, -0.15) is 0 Å². The van der Waals surface area contributed by atoms with Gasteiger partial charge in [0.15, 0.2) is 5.58 Å². The summed E-state index contributed by atoms with van der Waals surface area (Å²) in [6, 6.07) is 23.3. The van der Waals surface area contributed by atoms with Crippen molar-refractivity contribution in [2.45, 2.75) is 4.90 Å². The van der Waals surface area contributed by atoms with E-state index in [4.69, 9.17) is 14.1 Å². The number of nitrogens with zero attached hydrogens (tertiary/aromatic N) is 2. The van der Waals surface area contributed by atoms with E-state index >= 15 is 0 Å². The smallest absolute Gasteiger partial charge is 0.177 e. The highest BCUT2D eigenvalue weighted by Gasteiger charge is 2.22. The highest BCUT2D eigenvalue weighted by atomic mass is 32.2. The van der Waals surface area contributed by atoms with E-state index in [1.807, 2.05) is 18.2 Å². The lowest BCUT2D eigenvalue weighted by Gasteiger charge is -2.29. The average molecular weight is 453 g/mol. The van der Waals surface area contributed by atoms with Gasteiger partial charge in [-0.1, -0.05) is 42.5 Å². The first-order valence-corrected chi connectivity index (χ1v) is 12.4. The summed E-state index contributed by atoms with van der Waals surface area (Å²) in [5.41, 5.74) is 7.09. The molecular formula is C28H24N2O2S. The van der Waals surface area contributed by atoms with Gasteiger partial charge in [-0.3, -0.25) is 0 Å². The maximum atomic E-state index is 6.37. The molecule has 0 aliphatic carbocycles. The van der Waals surface area contributed by atoms with Crippen molar-refractivity contribution in [3.05, 3.63) is 77.9 Å². The second-order valence-corrected chi connectivity index (χ2v) is 9.10. The first kappa shape index (κ1) is 20.3. The van der Waals surface area contributed by atoms with Crippen molar-refractivity contribution in [3.63, 3.8) is 0 Å². The Morgan fingerprint density at radius 2 is 1.64 bits per heavy atom. The summed E-state index contributed by atoms with van der Waals surface area (Å²) in [5, 5.41) is 2.17. The van der Waals surface area contributed by atoms with E-state index in [1.54, 1.807) is 11.8 Å². The molecule has 33 heavy (non-hydrogen) atoms. The fraction of sp³-hybridized carbons (Fsp3) is 0.179. The monoisotopic (exact) mass is 452 g/mol. The van der Waals surface area contributed by atoms with Crippen LogP contribution in [-0.4, -0.2) is 37.5 Å². The van der Waals surface area contributed by atoms with Crippen molar-refractivity contribution in [2.75, 3.05) is 37.5 Å². The lowest BCUT2D eigenvalue weighted by Crippen LogP contribution is -2.36. The lowest BCUT2D eigenvalue weighted by atomic mass is 10.1. The topological polar surface area (TPSA) is 38.5 Å². The van der Waals surface area contributed by atoms with E-state index in [2.05, 4.69) is 71.8 Å². The van der Waals surface area contributed by atoms with Gasteiger partial charge in [-0.05, 0) is 53.8 Å². The number of morpholine rings is 1. The molecule has 0 N–H and O–H groups in total. The maximum Gasteiger partial charge on any atom is 0.177 e. The molecule has 1 aliphatic heterocycles. The summed E-state index contributed by atoms with van der Waals surface area (Å²) in [6.45, 7) is 3.12. The van der Waals surface area contributed by atoms with Crippen LogP contribution in [0.15, 0.2) is 76.0 Å². The third-order valence-electron chi connectivity index (χ3n) is 6.20. The van der Waals surface area contributed by atoms with Crippen LogP contribution in [-0.2, 0) is 4.74 Å². The molecular weight excluding hydrogens is 428 g/mol. The van der Waals surface area contributed by atoms with Gasteiger partial charge >= 0.3 is 0 Å². The maximum absolute atomic E-state index is 6.37. The minimum atomic E-state index is 0.719. The van der Waals surface area contributed by atoms with Crippen molar-refractivity contribution >= 4 is 62.6 Å². The standard InChI is InChI=1S/C28H24N2O2S/c1-33-21-11-8-19(9-12-21)6-7-20-10-13-24-23(18-20)27(30-14-16-31-17-15-30)28-26(29-24)22-4-2-3-5-25(22)32-28/h2-13,18H,14-17H2,1H3/b7-6+. The summed E-state index contributed by atoms with van der Waals surface area (Å²) < 4.78 is 12.0. The van der Waals surface area contributed by atoms with E-state index in [-0.39, 0.29) is 0 Å². The molecule has 0 bridgehead atoms. The molecule has 1 aliphatic rings. The van der Waals surface area contributed by atoms with Gasteiger partial charge in [0.05, 0.1) is 24.4 Å². The molecule has 0 amide bonds. The average Bonchev–Trinajstić information content (AvgIpc) is 3.25. The van der Waals surface area contributed by atoms with Crippen molar-refractivity contribution in [1.29, 1.82) is 0 Å². The fourth-order valence-corrected chi connectivity index (χ4v) is 4.91. The molecule has 5 aromatic rings. The normalized spacial score (nSPS) is 14.8. The Hall–Kier alpha value is -3.28. The number of thioether (sulfide) groups is 1. The minimum absolute atomic E-state index is 0.719. The molecule has 0 spiro atoms. The summed E-state index contributed by atoms with van der Waals surface area (Å²) >= 11 is 1.76. The molecule has 0 atom stereocenters. The van der Waals surface area contributed by atoms with Crippen molar-refractivity contribution < 1.29 is 9.15 Å². The van der Waals surface area contributed by atoms with E-state index in [9.17, 15) is 0 Å². The van der Waals surface area contributed by atoms with Gasteiger partial charge in [0.25, 0.3) is 0 Å². The summed E-state index contributed by atoms with van der Waals surface area (Å²) in [4.78, 5) is 8.68. The Kier molecular flexibility index (Phi) is 5.29. The predicted octanol–water partition coefficient (Wildman–Crippen LogP) is 6.86. The van der Waals surface area contributed by atoms with Crippen LogP contribution in [0.2, 0.25) is 0 Å². The Morgan fingerprint density at radius 1 is 0.879 bits per heavy atom. The first-order valence-electron chi connectivity index (χ1n) is 11.2. The van der Waals surface area contributed by atoms with Crippen LogP contribution < -0.4 is 4.90 Å². The highest BCUT2D eigenvalue weighted by molar-refractivity contribution is 7.98. The number of fused-ring (bicyclic) bond motifs is 4. The molecule has 3 heterocycles. The molecule has 0 radical (unpaired) electrons. The van der Waals surface area contributed by atoms with Crippen LogP contribution in [0.25, 0.3) is 45.1 Å². The predicted molar refractivity (Wildman–Crippen MR) is 139 cm³/mol. The van der Waals surface area contributed by atoms with Gasteiger partial charge in [-0.15, -0.1) is 11.8 Å². The van der Waals surface area contributed by atoms with Crippen molar-refractivity contribution in [3.8, 4) is 0 Å². The summed E-state index contributed by atoms with van der Waals surface area (Å²) in [7, 11) is 0. The van der Waals surface area contributed by atoms with Crippen LogP contribution in [0.5, 0.6) is 0 Å². The van der Waals surface area contributed by atoms with Gasteiger partial charge in [-0.25, -0.2) is 4.98 Å². The van der Waals surface area contributed by atoms with Crippen LogP contribution in [0.1, 0.15) is 11.1 Å². The Balaban J connectivity index is 1.51. The number of furan rings is 1. The number of pyridine rings is 1. The minimum Gasteiger partial charge on any atom is -0.452 e. The molecule has 4 nitrogen and oxygen atoms in total. The largest absolute Gasteiger partial charge is 0.452 e. The molecule has 1 saturated heterocycles. The zero-order valence-electron chi connectivity index (χ0n) is 18.5. The molecule has 1 fully saturated rings. The molecule has 5 heteroatoms. The lowest BCUT2D eigenvalue weighted by molar-refractivity contribution is 0.123. The van der Waals surface area contributed by atoms with Crippen molar-refractivity contribution in [1.82, 2.24) is 4.98 Å². The number of hydrogen-bond acceptors (Lipinski definition) is 5. The summed E-state index contributed by atoms with van der Waals surface area (Å²) in [6.07, 6.45) is 6.42. The zero-order chi connectivity index (χ0) is 22.2. The number of ether oxygens (including phenoxy) is 1. The number of anilines is 1. The first-order chi connectivity index (χ1) is 16.3. The third kappa shape index (κ3) is 3.77. The van der Waals surface area contributed by atoms with Gasteiger partial charge < -0.3 is 14.1 Å². The Labute approximate surface area is 196 Å². The second-order valence-electron chi connectivity index (χ2n) is 8.22. The molecule has 2 aromatic heterocycles.